The van der Waals surface area contributed by atoms with E-state index in [4.69, 9.17) is 18.9 Å². The molecule has 10 heteroatoms. The average molecular weight is 516 g/mol. The molecule has 5 rings (SSSR count). The van der Waals surface area contributed by atoms with Crippen molar-refractivity contribution in [1.82, 2.24) is 9.97 Å². The van der Waals surface area contributed by atoms with Crippen molar-refractivity contribution in [3.63, 3.8) is 0 Å². The van der Waals surface area contributed by atoms with Crippen molar-refractivity contribution in [1.29, 1.82) is 0 Å². The molecule has 10 nitrogen and oxygen atoms in total. The Labute approximate surface area is 218 Å². The van der Waals surface area contributed by atoms with Gasteiger partial charge < -0.3 is 29.0 Å². The first-order valence-electron chi connectivity index (χ1n) is 11.6. The Kier molecular flexibility index (Phi) is 6.38. The number of aliphatic hydroxyl groups excluding tert-OH is 1. The molecule has 1 aromatic heterocycles. The van der Waals surface area contributed by atoms with Gasteiger partial charge in [0, 0.05) is 11.6 Å². The van der Waals surface area contributed by atoms with E-state index in [1.165, 1.54) is 19.1 Å². The Hall–Kier alpha value is -4.99. The first-order valence-corrected chi connectivity index (χ1v) is 11.6. The second kappa shape index (κ2) is 9.81. The normalized spacial score (nSPS) is 16.6. The van der Waals surface area contributed by atoms with E-state index >= 15 is 0 Å². The van der Waals surface area contributed by atoms with E-state index in [-0.39, 0.29) is 22.8 Å². The monoisotopic (exact) mass is 515 g/mol. The number of carbonyl (C=O) groups is 2. The van der Waals surface area contributed by atoms with E-state index in [0.717, 1.165) is 0 Å². The van der Waals surface area contributed by atoms with Crippen molar-refractivity contribution in [3.8, 4) is 23.0 Å². The second-order valence-electron chi connectivity index (χ2n) is 8.46. The van der Waals surface area contributed by atoms with Crippen LogP contribution in [0.25, 0.3) is 16.8 Å². The van der Waals surface area contributed by atoms with E-state index in [0.29, 0.717) is 39.6 Å². The van der Waals surface area contributed by atoms with E-state index in [1.54, 1.807) is 74.9 Å². The van der Waals surface area contributed by atoms with Crippen LogP contribution in [0, 0.1) is 0 Å². The molecule has 0 radical (unpaired) electrons. The Morgan fingerprint density at radius 2 is 1.53 bits per heavy atom. The summed E-state index contributed by atoms with van der Waals surface area (Å²) >= 11 is 0. The molecule has 1 unspecified atom stereocenters. The SMILES string of the molecule is COc1ccc(C2/C(=C(\O)c3ccc(OC)c(OC)c3)C(=O)C(=O)N2c2nc3ccc(OC)cc3[nH]2)cc1. The van der Waals surface area contributed by atoms with Gasteiger partial charge in [0.2, 0.25) is 5.95 Å². The van der Waals surface area contributed by atoms with Gasteiger partial charge in [-0.15, -0.1) is 0 Å². The molecule has 0 aliphatic carbocycles. The number of fused-ring (bicyclic) bond motifs is 1. The Bertz CT molecular complexity index is 1570. The van der Waals surface area contributed by atoms with Gasteiger partial charge in [-0.05, 0) is 48.0 Å². The summed E-state index contributed by atoms with van der Waals surface area (Å²) in [5, 5.41) is 11.4. The lowest BCUT2D eigenvalue weighted by Crippen LogP contribution is -2.30. The molecular weight excluding hydrogens is 490 g/mol. The summed E-state index contributed by atoms with van der Waals surface area (Å²) in [6, 6.07) is 15.9. The number of H-pyrrole nitrogens is 1. The number of Topliss-reactive ketones (excluding diaryl/α,β-unsaturated/α-hetero) is 1. The van der Waals surface area contributed by atoms with E-state index in [9.17, 15) is 14.7 Å². The van der Waals surface area contributed by atoms with E-state index in [2.05, 4.69) is 9.97 Å². The van der Waals surface area contributed by atoms with Crippen LogP contribution in [0.2, 0.25) is 0 Å². The molecule has 2 N–H and O–H groups in total. The van der Waals surface area contributed by atoms with Crippen LogP contribution in [0.4, 0.5) is 5.95 Å². The van der Waals surface area contributed by atoms with Gasteiger partial charge in [0.15, 0.2) is 11.5 Å². The van der Waals surface area contributed by atoms with Crippen LogP contribution in [0.3, 0.4) is 0 Å². The number of benzene rings is 3. The number of anilines is 1. The fourth-order valence-electron chi connectivity index (χ4n) is 4.51. The lowest BCUT2D eigenvalue weighted by atomic mass is 9.95. The molecule has 1 saturated heterocycles. The topological polar surface area (TPSA) is 123 Å². The summed E-state index contributed by atoms with van der Waals surface area (Å²) in [6.07, 6.45) is 0. The van der Waals surface area contributed by atoms with Crippen LogP contribution in [0.15, 0.2) is 66.2 Å². The molecule has 3 aromatic carbocycles. The van der Waals surface area contributed by atoms with Gasteiger partial charge >= 0.3 is 5.91 Å². The minimum absolute atomic E-state index is 0.0922. The van der Waals surface area contributed by atoms with Gasteiger partial charge in [-0.25, -0.2) is 4.98 Å². The maximum absolute atomic E-state index is 13.5. The molecule has 38 heavy (non-hydrogen) atoms. The predicted octanol–water partition coefficient (Wildman–Crippen LogP) is 4.22. The molecule has 194 valence electrons. The number of methoxy groups -OCH3 is 4. The van der Waals surface area contributed by atoms with Crippen LogP contribution in [-0.2, 0) is 9.59 Å². The third kappa shape index (κ3) is 4.05. The quantitative estimate of drug-likeness (QED) is 0.213. The minimum Gasteiger partial charge on any atom is -0.507 e. The number of aliphatic hydroxyl groups is 1. The van der Waals surface area contributed by atoms with Crippen LogP contribution in [0.1, 0.15) is 17.2 Å². The summed E-state index contributed by atoms with van der Waals surface area (Å²) in [6.45, 7) is 0. The number of nitrogens with one attached hydrogen (secondary N) is 1. The van der Waals surface area contributed by atoms with E-state index in [1.807, 2.05) is 0 Å². The summed E-state index contributed by atoms with van der Waals surface area (Å²) < 4.78 is 21.2. The zero-order valence-corrected chi connectivity index (χ0v) is 21.1. The van der Waals surface area contributed by atoms with Gasteiger partial charge in [-0.3, -0.25) is 14.5 Å². The Balaban J connectivity index is 1.70. The third-order valence-corrected chi connectivity index (χ3v) is 6.44. The number of ketones is 1. The molecule has 1 fully saturated rings. The number of ether oxygens (including phenoxy) is 4. The highest BCUT2D eigenvalue weighted by Gasteiger charge is 2.48. The summed E-state index contributed by atoms with van der Waals surface area (Å²) in [7, 11) is 6.06. The smallest absolute Gasteiger partial charge is 0.302 e. The first kappa shape index (κ1) is 24.7. The number of amides is 1. The summed E-state index contributed by atoms with van der Waals surface area (Å²) in [5.41, 5.74) is 1.97. The molecule has 4 aromatic rings. The average Bonchev–Trinajstić information content (AvgIpc) is 3.49. The number of rotatable bonds is 7. The molecule has 0 bridgehead atoms. The molecule has 1 aliphatic rings. The fraction of sp³-hybridized carbons (Fsp3) is 0.179. The summed E-state index contributed by atoms with van der Waals surface area (Å²) in [4.78, 5) is 35.8. The number of aromatic amines is 1. The Morgan fingerprint density at radius 3 is 2.18 bits per heavy atom. The highest BCUT2D eigenvalue weighted by atomic mass is 16.5. The zero-order chi connectivity index (χ0) is 27.0. The molecular formula is C28H25N3O7. The van der Waals surface area contributed by atoms with Gasteiger partial charge in [0.1, 0.15) is 17.3 Å². The van der Waals surface area contributed by atoms with Gasteiger partial charge in [-0.1, -0.05) is 12.1 Å². The molecule has 1 atom stereocenters. The van der Waals surface area contributed by atoms with Crippen molar-refractivity contribution >= 4 is 34.4 Å². The number of imidazole rings is 1. The highest BCUT2D eigenvalue weighted by Crippen LogP contribution is 2.43. The Morgan fingerprint density at radius 1 is 0.842 bits per heavy atom. The number of hydrogen-bond acceptors (Lipinski definition) is 8. The lowest BCUT2D eigenvalue weighted by molar-refractivity contribution is -0.132. The van der Waals surface area contributed by atoms with Crippen molar-refractivity contribution in [2.75, 3.05) is 33.3 Å². The highest BCUT2D eigenvalue weighted by molar-refractivity contribution is 6.51. The van der Waals surface area contributed by atoms with Crippen LogP contribution in [-0.4, -0.2) is 55.2 Å². The maximum atomic E-state index is 13.5. The van der Waals surface area contributed by atoms with Crippen LogP contribution >= 0.6 is 0 Å². The standard InChI is InChI=1S/C28H25N3O7/c1-35-17-8-5-15(6-9-17)24-23(25(32)16-7-12-21(37-3)22(13-16)38-4)26(33)27(34)31(24)28-29-19-11-10-18(36-2)14-20(19)30-28/h5-14,24,32H,1-4H3,(H,29,30)/b25-23+. The van der Waals surface area contributed by atoms with Gasteiger partial charge in [0.25, 0.3) is 5.78 Å². The number of hydrogen-bond donors (Lipinski definition) is 2. The fourth-order valence-corrected chi connectivity index (χ4v) is 4.51. The van der Waals surface area contributed by atoms with E-state index < -0.39 is 17.7 Å². The van der Waals surface area contributed by atoms with Crippen molar-refractivity contribution in [2.24, 2.45) is 0 Å². The van der Waals surface area contributed by atoms with Gasteiger partial charge in [-0.2, -0.15) is 0 Å². The minimum atomic E-state index is -0.975. The van der Waals surface area contributed by atoms with Crippen LogP contribution in [0.5, 0.6) is 23.0 Å². The number of nitrogens with zero attached hydrogens (tertiary/aromatic N) is 2. The molecule has 0 saturated carbocycles. The molecule has 0 spiro atoms. The maximum Gasteiger partial charge on any atom is 0.302 e. The molecule has 1 amide bonds. The number of carbonyl (C=O) groups excluding carboxylic acids is 2. The zero-order valence-electron chi connectivity index (χ0n) is 21.1. The van der Waals surface area contributed by atoms with Crippen molar-refractivity contribution in [3.05, 3.63) is 77.4 Å². The molecule has 1 aliphatic heterocycles. The first-order chi connectivity index (χ1) is 18.4. The lowest BCUT2D eigenvalue weighted by Gasteiger charge is -2.23. The predicted molar refractivity (Wildman–Crippen MR) is 140 cm³/mol. The second-order valence-corrected chi connectivity index (χ2v) is 8.46. The summed E-state index contributed by atoms with van der Waals surface area (Å²) in [5.74, 6) is 0.131. The third-order valence-electron chi connectivity index (χ3n) is 6.44. The van der Waals surface area contributed by atoms with Crippen molar-refractivity contribution in [2.45, 2.75) is 6.04 Å². The number of aromatic nitrogens is 2. The van der Waals surface area contributed by atoms with Gasteiger partial charge in [0.05, 0.1) is 51.1 Å². The largest absolute Gasteiger partial charge is 0.507 e. The molecule has 2 heterocycles. The van der Waals surface area contributed by atoms with Crippen LogP contribution < -0.4 is 23.8 Å². The van der Waals surface area contributed by atoms with Crippen molar-refractivity contribution < 1.29 is 33.6 Å².